The summed E-state index contributed by atoms with van der Waals surface area (Å²) in [5, 5.41) is 0. The number of ether oxygens (including phenoxy) is 1. The second-order valence-electron chi connectivity index (χ2n) is 7.94. The van der Waals surface area contributed by atoms with E-state index in [2.05, 4.69) is 9.64 Å². The van der Waals surface area contributed by atoms with Crippen LogP contribution in [0.15, 0.2) is 12.1 Å². The molecule has 0 aromatic heterocycles. The molecule has 2 saturated carbocycles. The molecule has 0 atom stereocenters. The minimum atomic E-state index is -0.587. The number of carbonyl (C=O) groups excluding carboxylic acids is 1. The number of fused-ring (bicyclic) bond motifs is 1. The van der Waals surface area contributed by atoms with Crippen LogP contribution in [0.25, 0.3) is 0 Å². The monoisotopic (exact) mass is 331 g/mol. The molecule has 0 unspecified atom stereocenters. The fourth-order valence-corrected chi connectivity index (χ4v) is 5.09. The minimum Gasteiger partial charge on any atom is -0.465 e. The topological polar surface area (TPSA) is 29.5 Å². The van der Waals surface area contributed by atoms with Crippen molar-refractivity contribution in [3.63, 3.8) is 0 Å². The van der Waals surface area contributed by atoms with Crippen LogP contribution in [0.5, 0.6) is 0 Å². The fourth-order valence-electron chi connectivity index (χ4n) is 5.09. The summed E-state index contributed by atoms with van der Waals surface area (Å²) in [5.41, 5.74) is 2.83. The molecular weight excluding hydrogens is 305 g/mol. The summed E-state index contributed by atoms with van der Waals surface area (Å²) < 4.78 is 18.9. The Bertz CT molecular complexity index is 643. The molecule has 0 amide bonds. The van der Waals surface area contributed by atoms with E-state index in [1.54, 1.807) is 12.1 Å². The number of hydrogen-bond acceptors (Lipinski definition) is 3. The normalized spacial score (nSPS) is 23.6. The molecule has 3 aliphatic rings. The summed E-state index contributed by atoms with van der Waals surface area (Å²) in [5.74, 6) is -1.05. The van der Waals surface area contributed by atoms with Crippen LogP contribution >= 0.6 is 0 Å². The zero-order valence-electron chi connectivity index (χ0n) is 14.4. The van der Waals surface area contributed by atoms with Crippen molar-refractivity contribution in [1.82, 2.24) is 4.90 Å². The number of rotatable bonds is 2. The SMILES string of the molecule is COC(=O)c1cc2c(cc1F)CN(C1CC3(CCCCC3)C1)CC2. The highest BCUT2D eigenvalue weighted by molar-refractivity contribution is 5.90. The first-order valence-electron chi connectivity index (χ1n) is 9.24. The van der Waals surface area contributed by atoms with Gasteiger partial charge in [0.15, 0.2) is 0 Å². The maximum absolute atomic E-state index is 14.2. The van der Waals surface area contributed by atoms with Crippen molar-refractivity contribution < 1.29 is 13.9 Å². The first-order valence-corrected chi connectivity index (χ1v) is 9.24. The standard InChI is InChI=1S/C20H26FNO2/c1-24-19(23)17-9-14-5-8-22(13-15(14)10-18(17)21)16-11-20(12-16)6-3-2-4-7-20/h9-10,16H,2-8,11-13H2,1H3. The Morgan fingerprint density at radius 3 is 2.67 bits per heavy atom. The van der Waals surface area contributed by atoms with Crippen LogP contribution < -0.4 is 0 Å². The highest BCUT2D eigenvalue weighted by Crippen LogP contribution is 2.53. The van der Waals surface area contributed by atoms with Crippen LogP contribution in [0.1, 0.15) is 66.4 Å². The molecule has 2 aliphatic carbocycles. The number of halogens is 1. The van der Waals surface area contributed by atoms with Gasteiger partial charge in [0.1, 0.15) is 5.82 Å². The van der Waals surface area contributed by atoms with Crippen LogP contribution in [-0.2, 0) is 17.7 Å². The van der Waals surface area contributed by atoms with Gasteiger partial charge in [-0.05, 0) is 60.8 Å². The minimum absolute atomic E-state index is 0.0644. The van der Waals surface area contributed by atoms with Crippen molar-refractivity contribution >= 4 is 5.97 Å². The lowest BCUT2D eigenvalue weighted by atomic mass is 9.58. The molecule has 0 radical (unpaired) electrons. The smallest absolute Gasteiger partial charge is 0.340 e. The number of hydrogen-bond donors (Lipinski definition) is 0. The maximum atomic E-state index is 14.2. The Labute approximate surface area is 143 Å². The summed E-state index contributed by atoms with van der Waals surface area (Å²) in [4.78, 5) is 14.2. The third kappa shape index (κ3) is 2.75. The van der Waals surface area contributed by atoms with E-state index in [0.29, 0.717) is 11.5 Å². The Morgan fingerprint density at radius 1 is 1.21 bits per heavy atom. The van der Waals surface area contributed by atoms with Gasteiger partial charge in [-0.3, -0.25) is 4.90 Å². The van der Waals surface area contributed by atoms with Crippen molar-refractivity contribution in [3.8, 4) is 0 Å². The number of benzene rings is 1. The van der Waals surface area contributed by atoms with E-state index in [4.69, 9.17) is 0 Å². The molecule has 2 fully saturated rings. The van der Waals surface area contributed by atoms with Gasteiger partial charge in [-0.1, -0.05) is 19.3 Å². The predicted octanol–water partition coefficient (Wildman–Crippen LogP) is 4.08. The van der Waals surface area contributed by atoms with Crippen LogP contribution in [0, 0.1) is 11.2 Å². The van der Waals surface area contributed by atoms with E-state index in [-0.39, 0.29) is 5.56 Å². The molecule has 0 N–H and O–H groups in total. The van der Waals surface area contributed by atoms with Crippen molar-refractivity contribution in [2.75, 3.05) is 13.7 Å². The molecule has 4 heteroatoms. The second kappa shape index (κ2) is 6.14. The van der Waals surface area contributed by atoms with Crippen molar-refractivity contribution in [2.45, 2.75) is 64.0 Å². The fraction of sp³-hybridized carbons (Fsp3) is 0.650. The van der Waals surface area contributed by atoms with Gasteiger partial charge in [0, 0.05) is 19.1 Å². The lowest BCUT2D eigenvalue weighted by molar-refractivity contribution is -0.0308. The van der Waals surface area contributed by atoms with Gasteiger partial charge >= 0.3 is 5.97 Å². The van der Waals surface area contributed by atoms with Crippen molar-refractivity contribution in [2.24, 2.45) is 5.41 Å². The average molecular weight is 331 g/mol. The molecule has 24 heavy (non-hydrogen) atoms. The van der Waals surface area contributed by atoms with Crippen LogP contribution in [0.4, 0.5) is 4.39 Å². The van der Waals surface area contributed by atoms with E-state index < -0.39 is 11.8 Å². The highest BCUT2D eigenvalue weighted by atomic mass is 19.1. The molecule has 1 spiro atoms. The summed E-state index contributed by atoms with van der Waals surface area (Å²) in [6, 6.07) is 3.90. The van der Waals surface area contributed by atoms with Gasteiger partial charge in [-0.25, -0.2) is 9.18 Å². The first kappa shape index (κ1) is 16.1. The number of methoxy groups -OCH3 is 1. The van der Waals surface area contributed by atoms with Gasteiger partial charge in [0.2, 0.25) is 0 Å². The Hall–Kier alpha value is -1.42. The lowest BCUT2D eigenvalue weighted by Crippen LogP contribution is -2.52. The number of carbonyl (C=O) groups is 1. The van der Waals surface area contributed by atoms with E-state index in [1.807, 2.05) is 0 Å². The molecule has 0 bridgehead atoms. The maximum Gasteiger partial charge on any atom is 0.340 e. The molecule has 1 aromatic rings. The molecule has 1 aromatic carbocycles. The molecule has 130 valence electrons. The molecule has 3 nitrogen and oxygen atoms in total. The van der Waals surface area contributed by atoms with Crippen LogP contribution in [-0.4, -0.2) is 30.6 Å². The van der Waals surface area contributed by atoms with Gasteiger partial charge in [0.25, 0.3) is 0 Å². The zero-order valence-corrected chi connectivity index (χ0v) is 14.4. The zero-order chi connectivity index (χ0) is 16.7. The quantitative estimate of drug-likeness (QED) is 0.765. The number of nitrogens with zero attached hydrogens (tertiary/aromatic N) is 1. The summed E-state index contributed by atoms with van der Waals surface area (Å²) in [6.45, 7) is 1.83. The van der Waals surface area contributed by atoms with Crippen LogP contribution in [0.2, 0.25) is 0 Å². The van der Waals surface area contributed by atoms with E-state index in [1.165, 1.54) is 52.1 Å². The molecule has 4 rings (SSSR count). The average Bonchev–Trinajstić information content (AvgIpc) is 2.58. The van der Waals surface area contributed by atoms with E-state index in [9.17, 15) is 9.18 Å². The van der Waals surface area contributed by atoms with Crippen molar-refractivity contribution in [3.05, 3.63) is 34.6 Å². The highest BCUT2D eigenvalue weighted by Gasteiger charge is 2.46. The lowest BCUT2D eigenvalue weighted by Gasteiger charge is -2.54. The van der Waals surface area contributed by atoms with E-state index >= 15 is 0 Å². The van der Waals surface area contributed by atoms with Gasteiger partial charge in [-0.15, -0.1) is 0 Å². The molecule has 1 heterocycles. The molecule has 0 saturated heterocycles. The Balaban J connectivity index is 1.45. The van der Waals surface area contributed by atoms with Gasteiger partial charge in [0.05, 0.1) is 12.7 Å². The van der Waals surface area contributed by atoms with E-state index in [0.717, 1.165) is 30.6 Å². The summed E-state index contributed by atoms with van der Waals surface area (Å²) in [7, 11) is 1.29. The van der Waals surface area contributed by atoms with Crippen LogP contribution in [0.3, 0.4) is 0 Å². The third-order valence-corrected chi connectivity index (χ3v) is 6.50. The van der Waals surface area contributed by atoms with Crippen molar-refractivity contribution in [1.29, 1.82) is 0 Å². The molecule has 1 aliphatic heterocycles. The Kier molecular flexibility index (Phi) is 4.11. The largest absolute Gasteiger partial charge is 0.465 e. The third-order valence-electron chi connectivity index (χ3n) is 6.50. The van der Waals surface area contributed by atoms with Gasteiger partial charge < -0.3 is 4.74 Å². The number of esters is 1. The first-order chi connectivity index (χ1) is 11.6. The molecular formula is C20H26FNO2. The predicted molar refractivity (Wildman–Crippen MR) is 90.4 cm³/mol. The second-order valence-corrected chi connectivity index (χ2v) is 7.94. The summed E-state index contributed by atoms with van der Waals surface area (Å²) in [6.07, 6.45) is 10.6. The van der Waals surface area contributed by atoms with Gasteiger partial charge in [-0.2, -0.15) is 0 Å². The Morgan fingerprint density at radius 2 is 1.96 bits per heavy atom. The summed E-state index contributed by atoms with van der Waals surface area (Å²) >= 11 is 0.